The van der Waals surface area contributed by atoms with Crippen LogP contribution in [0.3, 0.4) is 0 Å². The number of hydrogen-bond donors (Lipinski definition) is 2. The van der Waals surface area contributed by atoms with Crippen LogP contribution in [0.25, 0.3) is 11.0 Å². The number of carbonyl (C=O) groups excluding carboxylic acids is 2. The highest BCUT2D eigenvalue weighted by Crippen LogP contribution is 2.63. The molecule has 3 aliphatic rings. The van der Waals surface area contributed by atoms with Crippen molar-refractivity contribution >= 4 is 28.8 Å². The van der Waals surface area contributed by atoms with Crippen molar-refractivity contribution in [2.45, 2.75) is 43.7 Å². The predicted octanol–water partition coefficient (Wildman–Crippen LogP) is 0.245. The minimum atomic E-state index is -1.26. The van der Waals surface area contributed by atoms with Gasteiger partial charge >= 0.3 is 5.97 Å². The van der Waals surface area contributed by atoms with Crippen LogP contribution in [-0.2, 0) is 25.8 Å². The van der Waals surface area contributed by atoms with Gasteiger partial charge in [-0.25, -0.2) is 4.68 Å². The number of rotatable bonds is 8. The first-order valence-corrected chi connectivity index (χ1v) is 11.3. The number of hydrogen-bond acceptors (Lipinski definition) is 7. The Morgan fingerprint density at radius 2 is 2.12 bits per heavy atom. The summed E-state index contributed by atoms with van der Waals surface area (Å²) in [6.07, 6.45) is 2.39. The van der Waals surface area contributed by atoms with Crippen molar-refractivity contribution in [3.8, 4) is 0 Å². The molecule has 5 rings (SSSR count). The Hall–Kier alpha value is -3.31. The Morgan fingerprint density at radius 3 is 2.82 bits per heavy atom. The van der Waals surface area contributed by atoms with E-state index in [1.807, 2.05) is 24.3 Å². The largest absolute Gasteiger partial charge is 0.481 e. The summed E-state index contributed by atoms with van der Waals surface area (Å²) in [5.41, 5.74) is -0.862. The molecule has 180 valence electrons. The van der Waals surface area contributed by atoms with Gasteiger partial charge in [0.25, 0.3) is 0 Å². The lowest BCUT2D eigenvalue weighted by Gasteiger charge is -2.36. The molecule has 2 bridgehead atoms. The second kappa shape index (κ2) is 7.88. The van der Waals surface area contributed by atoms with Crippen molar-refractivity contribution in [1.29, 1.82) is 0 Å². The third kappa shape index (κ3) is 3.00. The fraction of sp³-hybridized carbons (Fsp3) is 0.522. The van der Waals surface area contributed by atoms with Crippen LogP contribution in [0.2, 0.25) is 0 Å². The maximum atomic E-state index is 14.0. The summed E-state index contributed by atoms with van der Waals surface area (Å²) in [6.45, 7) is 5.25. The number of carboxylic acids is 1. The summed E-state index contributed by atoms with van der Waals surface area (Å²) < 4.78 is 7.92. The molecule has 0 radical (unpaired) electrons. The van der Waals surface area contributed by atoms with Crippen molar-refractivity contribution < 1.29 is 29.3 Å². The van der Waals surface area contributed by atoms with Gasteiger partial charge in [-0.1, -0.05) is 23.4 Å². The minimum Gasteiger partial charge on any atom is -0.481 e. The van der Waals surface area contributed by atoms with E-state index in [0.29, 0.717) is 18.4 Å². The number of carbonyl (C=O) groups is 3. The molecule has 1 spiro atoms. The van der Waals surface area contributed by atoms with Crippen LogP contribution in [0.1, 0.15) is 19.8 Å². The van der Waals surface area contributed by atoms with E-state index in [9.17, 15) is 24.6 Å². The molecule has 34 heavy (non-hydrogen) atoms. The summed E-state index contributed by atoms with van der Waals surface area (Å²) in [6, 6.07) is 6.30. The van der Waals surface area contributed by atoms with E-state index in [2.05, 4.69) is 16.9 Å². The summed E-state index contributed by atoms with van der Waals surface area (Å²) >= 11 is 0. The fourth-order valence-electron chi connectivity index (χ4n) is 6.16. The molecule has 0 aliphatic carbocycles. The Labute approximate surface area is 195 Å². The molecule has 11 nitrogen and oxygen atoms in total. The number of likely N-dealkylation sites (tertiary alicyclic amines) is 1. The van der Waals surface area contributed by atoms with Crippen molar-refractivity contribution in [2.75, 3.05) is 19.7 Å². The molecule has 3 fully saturated rings. The quantitative estimate of drug-likeness (QED) is 0.525. The van der Waals surface area contributed by atoms with E-state index in [1.54, 1.807) is 17.7 Å². The summed E-state index contributed by atoms with van der Waals surface area (Å²) in [5.74, 6) is -4.02. The zero-order chi connectivity index (χ0) is 24.3. The molecule has 2 amide bonds. The number of fused-ring (bicyclic) bond motifs is 2. The number of para-hydroxylation sites is 1. The highest BCUT2D eigenvalue weighted by Gasteiger charge is 2.78. The Bertz CT molecular complexity index is 1180. The van der Waals surface area contributed by atoms with Gasteiger partial charge in [0.15, 0.2) is 0 Å². The lowest BCUT2D eigenvalue weighted by molar-refractivity contribution is -0.156. The average molecular weight is 469 g/mol. The van der Waals surface area contributed by atoms with Crippen LogP contribution in [0.15, 0.2) is 36.9 Å². The zero-order valence-electron chi connectivity index (χ0n) is 18.8. The molecular formula is C23H27N5O6. The molecule has 4 heterocycles. The highest BCUT2D eigenvalue weighted by molar-refractivity contribution is 5.98. The molecule has 1 aromatic heterocycles. The van der Waals surface area contributed by atoms with E-state index in [1.165, 1.54) is 9.80 Å². The van der Waals surface area contributed by atoms with Crippen LogP contribution in [0, 0.1) is 11.8 Å². The van der Waals surface area contributed by atoms with Crippen molar-refractivity contribution in [2.24, 2.45) is 11.8 Å². The maximum absolute atomic E-state index is 14.0. The predicted molar refractivity (Wildman–Crippen MR) is 118 cm³/mol. The van der Waals surface area contributed by atoms with Gasteiger partial charge in [-0.2, -0.15) is 0 Å². The Kier molecular flexibility index (Phi) is 5.21. The lowest BCUT2D eigenvalue weighted by Crippen LogP contribution is -2.56. The van der Waals surface area contributed by atoms with Crippen LogP contribution >= 0.6 is 0 Å². The number of aliphatic hydroxyl groups excluding tert-OH is 1. The second-order valence-electron chi connectivity index (χ2n) is 9.39. The van der Waals surface area contributed by atoms with E-state index >= 15 is 0 Å². The van der Waals surface area contributed by atoms with Crippen LogP contribution < -0.4 is 0 Å². The van der Waals surface area contributed by atoms with Crippen LogP contribution in [0.4, 0.5) is 0 Å². The summed E-state index contributed by atoms with van der Waals surface area (Å²) in [7, 11) is 0. The van der Waals surface area contributed by atoms with Gasteiger partial charge in [0, 0.05) is 13.1 Å². The molecule has 1 aromatic carbocycles. The van der Waals surface area contributed by atoms with Gasteiger partial charge in [0.1, 0.15) is 23.8 Å². The van der Waals surface area contributed by atoms with Gasteiger partial charge in [0.05, 0.1) is 29.6 Å². The van der Waals surface area contributed by atoms with Gasteiger partial charge in [0.2, 0.25) is 11.8 Å². The van der Waals surface area contributed by atoms with E-state index in [0.717, 1.165) is 5.52 Å². The number of nitrogens with zero attached hydrogens (tertiary/aromatic N) is 5. The fourth-order valence-corrected chi connectivity index (χ4v) is 6.16. The normalized spacial score (nSPS) is 31.8. The number of aliphatic carboxylic acids is 1. The number of amides is 2. The Morgan fingerprint density at radius 1 is 1.35 bits per heavy atom. The average Bonchev–Trinajstić information content (AvgIpc) is 3.50. The van der Waals surface area contributed by atoms with Crippen molar-refractivity contribution in [3.05, 3.63) is 36.9 Å². The molecule has 0 saturated carbocycles. The molecular weight excluding hydrogens is 442 g/mol. The molecule has 5 atom stereocenters. The van der Waals surface area contributed by atoms with E-state index < -0.39 is 46.9 Å². The van der Waals surface area contributed by atoms with Crippen LogP contribution in [0.5, 0.6) is 0 Å². The smallest absolute Gasteiger partial charge is 0.310 e. The lowest BCUT2D eigenvalue weighted by atomic mass is 9.66. The SMILES string of the molecule is C=CCN(Cn1nnc2ccccc21)C(=O)C1N(CCO)C(=O)[C@@H]2[C@H](C(=O)O)[C@]3(C)CCC12O3. The number of aromatic nitrogens is 3. The van der Waals surface area contributed by atoms with Gasteiger partial charge in [-0.15, -0.1) is 11.7 Å². The van der Waals surface area contributed by atoms with Gasteiger partial charge in [-0.05, 0) is 31.9 Å². The second-order valence-corrected chi connectivity index (χ2v) is 9.39. The third-order valence-corrected chi connectivity index (χ3v) is 7.50. The summed E-state index contributed by atoms with van der Waals surface area (Å²) in [5, 5.41) is 27.9. The Balaban J connectivity index is 1.54. The number of aliphatic hydroxyl groups is 1. The maximum Gasteiger partial charge on any atom is 0.310 e. The molecule has 2 unspecified atom stereocenters. The number of benzene rings is 1. The monoisotopic (exact) mass is 469 g/mol. The molecule has 2 aromatic rings. The van der Waals surface area contributed by atoms with Crippen LogP contribution in [-0.4, -0.2) is 89.7 Å². The molecule has 3 saturated heterocycles. The number of β-amino-alcohol motifs (C(OH)–C–C–N with tert-alkyl or cyclic N) is 1. The zero-order valence-corrected chi connectivity index (χ0v) is 18.8. The standard InChI is InChI=1S/C23H27N5O6/c1-3-10-26(13-28-15-7-5-4-6-14(15)24-25-28)20(31)18-23-9-8-22(2,34-23)17(21(32)33)16(23)19(30)27(18)11-12-29/h3-7,16-18,29H,1,8-13H2,2H3,(H,32,33)/t16-,17+,18?,22-,23?/m0/s1. The first-order chi connectivity index (χ1) is 16.3. The highest BCUT2D eigenvalue weighted by atomic mass is 16.5. The third-order valence-electron chi connectivity index (χ3n) is 7.50. The summed E-state index contributed by atoms with van der Waals surface area (Å²) in [4.78, 5) is 42.5. The number of ether oxygens (including phenoxy) is 1. The van der Waals surface area contributed by atoms with Gasteiger partial charge < -0.3 is 24.7 Å². The molecule has 11 heteroatoms. The van der Waals surface area contributed by atoms with Crippen molar-refractivity contribution in [3.63, 3.8) is 0 Å². The number of carboxylic acid groups (broad SMARTS) is 1. The van der Waals surface area contributed by atoms with E-state index in [4.69, 9.17) is 4.74 Å². The topological polar surface area (TPSA) is 138 Å². The van der Waals surface area contributed by atoms with Gasteiger partial charge in [-0.3, -0.25) is 14.4 Å². The molecule has 3 aliphatic heterocycles. The van der Waals surface area contributed by atoms with Crippen molar-refractivity contribution in [1.82, 2.24) is 24.8 Å². The first kappa shape index (κ1) is 22.5. The minimum absolute atomic E-state index is 0.0589. The first-order valence-electron chi connectivity index (χ1n) is 11.3. The molecule has 2 N–H and O–H groups in total. The van der Waals surface area contributed by atoms with E-state index in [-0.39, 0.29) is 26.4 Å².